The number of imidazole rings is 1. The Morgan fingerprint density at radius 1 is 1.18 bits per heavy atom. The molecule has 38 heavy (non-hydrogen) atoms. The third-order valence-electron chi connectivity index (χ3n) is 7.66. The van der Waals surface area contributed by atoms with Gasteiger partial charge < -0.3 is 31.0 Å². The smallest absolute Gasteiger partial charge is 0.242 e. The number of hydrogen-bond donors (Lipinski definition) is 3. The van der Waals surface area contributed by atoms with Crippen molar-refractivity contribution < 1.29 is 13.9 Å². The van der Waals surface area contributed by atoms with Crippen LogP contribution in [0.15, 0.2) is 18.7 Å². The van der Waals surface area contributed by atoms with Gasteiger partial charge in [-0.25, -0.2) is 19.3 Å². The van der Waals surface area contributed by atoms with E-state index in [0.29, 0.717) is 69.1 Å². The Hall–Kier alpha value is -3.06. The lowest BCUT2D eigenvalue weighted by Crippen LogP contribution is -2.56. The lowest BCUT2D eigenvalue weighted by molar-refractivity contribution is -0.125. The summed E-state index contributed by atoms with van der Waals surface area (Å²) in [6, 6.07) is 1.86. The molecular weight excluding hydrogens is 513 g/mol. The molecule has 3 aromatic rings. The highest BCUT2D eigenvalue weighted by atomic mass is 35.5. The third kappa shape index (κ3) is 4.77. The van der Waals surface area contributed by atoms with Gasteiger partial charge in [0.2, 0.25) is 5.91 Å². The van der Waals surface area contributed by atoms with Crippen LogP contribution < -0.4 is 21.7 Å². The number of fused-ring (bicyclic) bond motifs is 1. The molecule has 202 valence electrons. The summed E-state index contributed by atoms with van der Waals surface area (Å²) in [6.45, 7) is 4.04. The van der Waals surface area contributed by atoms with Crippen LogP contribution in [0.5, 0.6) is 0 Å². The zero-order valence-electron chi connectivity index (χ0n) is 21.0. The molecule has 11 nitrogen and oxygen atoms in total. The summed E-state index contributed by atoms with van der Waals surface area (Å²) in [7, 11) is 0. The third-order valence-corrected chi connectivity index (χ3v) is 7.94. The maximum Gasteiger partial charge on any atom is 0.242 e. The fraction of sp³-hybridized carbons (Fsp3) is 0.520. The Morgan fingerprint density at radius 2 is 1.97 bits per heavy atom. The number of anilines is 2. The molecule has 2 saturated heterocycles. The summed E-state index contributed by atoms with van der Waals surface area (Å²) < 4.78 is 23.1. The summed E-state index contributed by atoms with van der Waals surface area (Å²) in [5.74, 6) is -0.322. The molecule has 1 aromatic carbocycles. The van der Waals surface area contributed by atoms with Crippen molar-refractivity contribution in [2.45, 2.75) is 43.9 Å². The van der Waals surface area contributed by atoms with Crippen LogP contribution in [-0.2, 0) is 22.6 Å². The molecule has 2 aliphatic heterocycles. The Labute approximate surface area is 224 Å². The van der Waals surface area contributed by atoms with Gasteiger partial charge in [-0.3, -0.25) is 9.69 Å². The Balaban J connectivity index is 1.40. The largest absolute Gasteiger partial charge is 0.382 e. The van der Waals surface area contributed by atoms with Crippen LogP contribution in [-0.4, -0.2) is 81.3 Å². The average molecular weight is 544 g/mol. The van der Waals surface area contributed by atoms with Crippen LogP contribution in [0.3, 0.4) is 0 Å². The number of nitrogens with two attached hydrogens (primary N) is 2. The number of aromatic nitrogens is 4. The highest BCUT2D eigenvalue weighted by Crippen LogP contribution is 2.37. The minimum atomic E-state index is -1.03. The SMILES string of the molecule is Nc1ncnc2c1ncn2Cc1c(N2CC[C@](N)(C(=O)NC3CC3)C2)cc(Cl)c(F)c1CN1CCOCC1. The average Bonchev–Trinajstić information content (AvgIpc) is 3.48. The van der Waals surface area contributed by atoms with E-state index in [2.05, 4.69) is 25.2 Å². The van der Waals surface area contributed by atoms with Gasteiger partial charge in [-0.05, 0) is 25.3 Å². The van der Waals surface area contributed by atoms with Crippen molar-refractivity contribution >= 4 is 40.2 Å². The van der Waals surface area contributed by atoms with Gasteiger partial charge in [-0.15, -0.1) is 0 Å². The summed E-state index contributed by atoms with van der Waals surface area (Å²) >= 11 is 6.48. The van der Waals surface area contributed by atoms with Crippen molar-refractivity contribution in [2.24, 2.45) is 5.73 Å². The summed E-state index contributed by atoms with van der Waals surface area (Å²) in [5, 5.41) is 3.07. The number of benzene rings is 1. The number of nitrogens with zero attached hydrogens (tertiary/aromatic N) is 6. The first kappa shape index (κ1) is 25.2. The number of amides is 1. The van der Waals surface area contributed by atoms with E-state index in [1.54, 1.807) is 12.4 Å². The number of nitrogen functional groups attached to an aromatic ring is 1. The number of carbonyl (C=O) groups is 1. The highest BCUT2D eigenvalue weighted by Gasteiger charge is 2.43. The van der Waals surface area contributed by atoms with Crippen molar-refractivity contribution in [3.8, 4) is 0 Å². The second-order valence-corrected chi connectivity index (χ2v) is 10.8. The van der Waals surface area contributed by atoms with Gasteiger partial charge in [0.05, 0.1) is 31.1 Å². The number of morpholine rings is 1. The molecule has 2 aromatic heterocycles. The van der Waals surface area contributed by atoms with Gasteiger partial charge in [-0.2, -0.15) is 0 Å². The van der Waals surface area contributed by atoms with Crippen molar-refractivity contribution in [3.63, 3.8) is 0 Å². The first-order chi connectivity index (χ1) is 18.3. The Morgan fingerprint density at radius 3 is 2.74 bits per heavy atom. The lowest BCUT2D eigenvalue weighted by atomic mass is 9.98. The van der Waals surface area contributed by atoms with E-state index in [-0.39, 0.29) is 29.3 Å². The molecule has 1 atom stereocenters. The summed E-state index contributed by atoms with van der Waals surface area (Å²) in [5.41, 5.74) is 14.6. The monoisotopic (exact) mass is 543 g/mol. The van der Waals surface area contributed by atoms with E-state index in [9.17, 15) is 4.79 Å². The van der Waals surface area contributed by atoms with Gasteiger partial charge >= 0.3 is 0 Å². The Bertz CT molecular complexity index is 1370. The van der Waals surface area contributed by atoms with Crippen LogP contribution in [0.25, 0.3) is 11.2 Å². The molecule has 3 aliphatic rings. The van der Waals surface area contributed by atoms with E-state index >= 15 is 4.39 Å². The van der Waals surface area contributed by atoms with E-state index in [0.717, 1.165) is 24.1 Å². The molecular formula is C25H31ClFN9O2. The van der Waals surface area contributed by atoms with E-state index in [1.165, 1.54) is 6.33 Å². The van der Waals surface area contributed by atoms with Crippen molar-refractivity contribution in [1.82, 2.24) is 29.7 Å². The summed E-state index contributed by atoms with van der Waals surface area (Å²) in [6.07, 6.45) is 5.47. The topological polar surface area (TPSA) is 140 Å². The number of rotatable bonds is 7. The minimum Gasteiger partial charge on any atom is -0.382 e. The molecule has 13 heteroatoms. The zero-order valence-corrected chi connectivity index (χ0v) is 21.8. The number of hydrogen-bond acceptors (Lipinski definition) is 9. The lowest BCUT2D eigenvalue weighted by Gasteiger charge is -2.31. The van der Waals surface area contributed by atoms with Gasteiger partial charge in [0.1, 0.15) is 23.2 Å². The molecule has 1 amide bonds. The molecule has 6 rings (SSSR count). The highest BCUT2D eigenvalue weighted by molar-refractivity contribution is 6.31. The molecule has 0 bridgehead atoms. The predicted octanol–water partition coefficient (Wildman–Crippen LogP) is 1.27. The number of carbonyl (C=O) groups excluding carboxylic acids is 1. The molecule has 1 aliphatic carbocycles. The first-order valence-electron chi connectivity index (χ1n) is 12.9. The van der Waals surface area contributed by atoms with Gasteiger partial charge in [-0.1, -0.05) is 11.6 Å². The van der Waals surface area contributed by atoms with Crippen LogP contribution in [0.1, 0.15) is 30.4 Å². The number of ether oxygens (including phenoxy) is 1. The van der Waals surface area contributed by atoms with Gasteiger partial charge in [0.15, 0.2) is 11.5 Å². The molecule has 4 heterocycles. The fourth-order valence-corrected chi connectivity index (χ4v) is 5.49. The summed E-state index contributed by atoms with van der Waals surface area (Å²) in [4.78, 5) is 29.9. The van der Waals surface area contributed by atoms with Crippen molar-refractivity contribution in [2.75, 3.05) is 50.0 Å². The van der Waals surface area contributed by atoms with Gasteiger partial charge in [0, 0.05) is 55.6 Å². The molecule has 3 fully saturated rings. The standard InChI is InChI=1S/C25H31ClFN9O2/c26-18-9-19(35-4-3-25(29,12-35)24(37)33-15-1-2-15)16(17(20(18)27)10-34-5-7-38-8-6-34)11-36-14-32-21-22(28)30-13-31-23(21)36/h9,13-15H,1-8,10-12,29H2,(H,33,37)(H2,28,30,31)/t25-/m1/s1. The first-order valence-corrected chi connectivity index (χ1v) is 13.3. The van der Waals surface area contributed by atoms with Crippen LogP contribution in [0, 0.1) is 5.82 Å². The normalized spacial score (nSPS) is 22.3. The second kappa shape index (κ2) is 9.92. The Kier molecular flexibility index (Phi) is 6.58. The number of halogens is 2. The van der Waals surface area contributed by atoms with Gasteiger partial charge in [0.25, 0.3) is 0 Å². The van der Waals surface area contributed by atoms with E-state index in [1.807, 2.05) is 9.47 Å². The van der Waals surface area contributed by atoms with Crippen molar-refractivity contribution in [1.29, 1.82) is 0 Å². The predicted molar refractivity (Wildman–Crippen MR) is 141 cm³/mol. The minimum absolute atomic E-state index is 0.0334. The van der Waals surface area contributed by atoms with Crippen LogP contribution >= 0.6 is 11.6 Å². The molecule has 0 spiro atoms. The molecule has 5 N–H and O–H groups in total. The molecule has 0 radical (unpaired) electrons. The van der Waals surface area contributed by atoms with Crippen molar-refractivity contribution in [3.05, 3.63) is 40.7 Å². The van der Waals surface area contributed by atoms with E-state index < -0.39 is 11.4 Å². The number of nitrogens with one attached hydrogen (secondary N) is 1. The maximum absolute atomic E-state index is 15.8. The second-order valence-electron chi connectivity index (χ2n) is 10.4. The van der Waals surface area contributed by atoms with Crippen LogP contribution in [0.2, 0.25) is 5.02 Å². The molecule has 1 saturated carbocycles. The van der Waals surface area contributed by atoms with E-state index in [4.69, 9.17) is 27.8 Å². The van der Waals surface area contributed by atoms with Crippen LogP contribution in [0.4, 0.5) is 15.9 Å². The maximum atomic E-state index is 15.8. The fourth-order valence-electron chi connectivity index (χ4n) is 5.27. The quantitative estimate of drug-likeness (QED) is 0.401. The zero-order chi connectivity index (χ0) is 26.4. The molecule has 0 unspecified atom stereocenters.